The fourth-order valence-electron chi connectivity index (χ4n) is 2.90. The standard InChI is InChI=1S/C14H22N4/c1-9(15)12-11(16)8-18-14(17)13(12)10-6-4-2-3-5-7-10/h8,10H,1-7,15-16H2,(H2,17,18). The molecule has 0 bridgehead atoms. The molecule has 1 aromatic rings. The number of anilines is 2. The van der Waals surface area contributed by atoms with Crippen molar-refractivity contribution in [2.24, 2.45) is 5.73 Å². The molecular weight excluding hydrogens is 224 g/mol. The van der Waals surface area contributed by atoms with Gasteiger partial charge in [-0.25, -0.2) is 4.98 Å². The lowest BCUT2D eigenvalue weighted by molar-refractivity contribution is 0.591. The Morgan fingerprint density at radius 1 is 1.17 bits per heavy atom. The van der Waals surface area contributed by atoms with Gasteiger partial charge < -0.3 is 17.2 Å². The van der Waals surface area contributed by atoms with E-state index in [1.807, 2.05) is 0 Å². The highest BCUT2D eigenvalue weighted by Crippen LogP contribution is 2.38. The molecule has 0 aliphatic heterocycles. The van der Waals surface area contributed by atoms with E-state index in [9.17, 15) is 0 Å². The van der Waals surface area contributed by atoms with Crippen LogP contribution in [0.4, 0.5) is 11.5 Å². The topological polar surface area (TPSA) is 91.0 Å². The maximum atomic E-state index is 6.05. The second-order valence-electron chi connectivity index (χ2n) is 5.10. The van der Waals surface area contributed by atoms with Gasteiger partial charge in [0.05, 0.1) is 11.9 Å². The second kappa shape index (κ2) is 5.29. The minimum atomic E-state index is 0.416. The molecule has 0 unspecified atom stereocenters. The van der Waals surface area contributed by atoms with Crippen molar-refractivity contribution in [3.63, 3.8) is 0 Å². The Hall–Kier alpha value is -1.71. The predicted octanol–water partition coefficient (Wildman–Crippen LogP) is 2.61. The molecule has 0 amide bonds. The minimum Gasteiger partial charge on any atom is -0.399 e. The Morgan fingerprint density at radius 3 is 2.33 bits per heavy atom. The van der Waals surface area contributed by atoms with Gasteiger partial charge in [0, 0.05) is 16.8 Å². The van der Waals surface area contributed by atoms with Crippen molar-refractivity contribution in [3.05, 3.63) is 23.9 Å². The van der Waals surface area contributed by atoms with Crippen molar-refractivity contribution in [2.45, 2.75) is 44.4 Å². The third kappa shape index (κ3) is 2.42. The lowest BCUT2D eigenvalue weighted by Gasteiger charge is -2.21. The van der Waals surface area contributed by atoms with Gasteiger partial charge in [-0.15, -0.1) is 0 Å². The molecule has 1 aliphatic rings. The Morgan fingerprint density at radius 2 is 1.78 bits per heavy atom. The average molecular weight is 246 g/mol. The van der Waals surface area contributed by atoms with Crippen LogP contribution < -0.4 is 17.2 Å². The largest absolute Gasteiger partial charge is 0.399 e. The molecule has 4 nitrogen and oxygen atoms in total. The molecule has 1 aliphatic carbocycles. The van der Waals surface area contributed by atoms with Gasteiger partial charge in [0.2, 0.25) is 0 Å². The van der Waals surface area contributed by atoms with E-state index in [0.29, 0.717) is 23.1 Å². The van der Waals surface area contributed by atoms with Crippen LogP contribution in [0.1, 0.15) is 55.6 Å². The van der Waals surface area contributed by atoms with Crippen LogP contribution in [0.25, 0.3) is 5.70 Å². The van der Waals surface area contributed by atoms with E-state index in [1.54, 1.807) is 6.20 Å². The fourth-order valence-corrected chi connectivity index (χ4v) is 2.90. The SMILES string of the molecule is C=C(N)c1c(N)cnc(N)c1C1CCCCCC1. The summed E-state index contributed by atoms with van der Waals surface area (Å²) < 4.78 is 0. The highest BCUT2D eigenvalue weighted by molar-refractivity contribution is 5.77. The molecule has 1 fully saturated rings. The lowest BCUT2D eigenvalue weighted by Crippen LogP contribution is -2.12. The summed E-state index contributed by atoms with van der Waals surface area (Å²) in [6, 6.07) is 0. The predicted molar refractivity (Wildman–Crippen MR) is 76.7 cm³/mol. The fraction of sp³-hybridized carbons (Fsp3) is 0.500. The smallest absolute Gasteiger partial charge is 0.127 e. The summed E-state index contributed by atoms with van der Waals surface area (Å²) in [5, 5.41) is 0. The first kappa shape index (κ1) is 12.7. The average Bonchev–Trinajstić information content (AvgIpc) is 2.59. The van der Waals surface area contributed by atoms with Crippen LogP contribution in [0.2, 0.25) is 0 Å². The highest BCUT2D eigenvalue weighted by Gasteiger charge is 2.22. The molecular formula is C14H22N4. The van der Waals surface area contributed by atoms with Crippen LogP contribution in [0.5, 0.6) is 0 Å². The molecule has 18 heavy (non-hydrogen) atoms. The molecule has 0 radical (unpaired) electrons. The van der Waals surface area contributed by atoms with E-state index in [1.165, 1.54) is 25.7 Å². The van der Waals surface area contributed by atoms with Gasteiger partial charge in [0.1, 0.15) is 5.82 Å². The van der Waals surface area contributed by atoms with Gasteiger partial charge in [-0.05, 0) is 18.8 Å². The summed E-state index contributed by atoms with van der Waals surface area (Å²) in [6.45, 7) is 3.82. The van der Waals surface area contributed by atoms with Crippen LogP contribution in [0.15, 0.2) is 12.8 Å². The molecule has 1 saturated carbocycles. The summed E-state index contributed by atoms with van der Waals surface area (Å²) in [7, 11) is 0. The zero-order valence-electron chi connectivity index (χ0n) is 10.8. The zero-order chi connectivity index (χ0) is 13.1. The number of aromatic nitrogens is 1. The number of nitrogens with two attached hydrogens (primary N) is 3. The van der Waals surface area contributed by atoms with Crippen LogP contribution in [-0.2, 0) is 0 Å². The summed E-state index contributed by atoms with van der Waals surface area (Å²) in [6.07, 6.45) is 8.90. The molecule has 0 aromatic carbocycles. The van der Waals surface area contributed by atoms with Gasteiger partial charge in [-0.1, -0.05) is 32.3 Å². The number of hydrogen-bond acceptors (Lipinski definition) is 4. The molecule has 98 valence electrons. The molecule has 4 heteroatoms. The quantitative estimate of drug-likeness (QED) is 0.699. The number of hydrogen-bond donors (Lipinski definition) is 3. The summed E-state index contributed by atoms with van der Waals surface area (Å²) >= 11 is 0. The third-order valence-electron chi connectivity index (χ3n) is 3.76. The van der Waals surface area contributed by atoms with E-state index in [4.69, 9.17) is 17.2 Å². The Bertz CT molecular complexity index is 445. The van der Waals surface area contributed by atoms with Gasteiger partial charge in [-0.3, -0.25) is 0 Å². The van der Waals surface area contributed by atoms with Crippen LogP contribution in [0, 0.1) is 0 Å². The van der Waals surface area contributed by atoms with Crippen molar-refractivity contribution in [1.82, 2.24) is 4.98 Å². The van der Waals surface area contributed by atoms with Crippen molar-refractivity contribution in [1.29, 1.82) is 0 Å². The van der Waals surface area contributed by atoms with Crippen molar-refractivity contribution >= 4 is 17.2 Å². The molecule has 1 aromatic heterocycles. The second-order valence-corrected chi connectivity index (χ2v) is 5.10. The van der Waals surface area contributed by atoms with Crippen LogP contribution >= 0.6 is 0 Å². The molecule has 0 spiro atoms. The Kier molecular flexibility index (Phi) is 3.75. The maximum Gasteiger partial charge on any atom is 0.127 e. The molecule has 0 saturated heterocycles. The lowest BCUT2D eigenvalue weighted by atomic mass is 9.87. The van der Waals surface area contributed by atoms with Gasteiger partial charge in [-0.2, -0.15) is 0 Å². The van der Waals surface area contributed by atoms with E-state index >= 15 is 0 Å². The summed E-state index contributed by atoms with van der Waals surface area (Å²) in [4.78, 5) is 4.18. The van der Waals surface area contributed by atoms with Crippen molar-refractivity contribution in [2.75, 3.05) is 11.5 Å². The Balaban J connectivity index is 2.46. The zero-order valence-corrected chi connectivity index (χ0v) is 10.8. The van der Waals surface area contributed by atoms with E-state index in [-0.39, 0.29) is 0 Å². The first-order chi connectivity index (χ1) is 8.61. The van der Waals surface area contributed by atoms with E-state index in [2.05, 4.69) is 11.6 Å². The van der Waals surface area contributed by atoms with Crippen LogP contribution in [-0.4, -0.2) is 4.98 Å². The first-order valence-corrected chi connectivity index (χ1v) is 6.60. The Labute approximate surface area is 108 Å². The maximum absolute atomic E-state index is 6.05. The molecule has 6 N–H and O–H groups in total. The number of pyridine rings is 1. The molecule has 2 rings (SSSR count). The van der Waals surface area contributed by atoms with E-state index < -0.39 is 0 Å². The van der Waals surface area contributed by atoms with Gasteiger partial charge >= 0.3 is 0 Å². The number of rotatable bonds is 2. The first-order valence-electron chi connectivity index (χ1n) is 6.60. The summed E-state index contributed by atoms with van der Waals surface area (Å²) in [5.74, 6) is 0.969. The summed E-state index contributed by atoms with van der Waals surface area (Å²) in [5.41, 5.74) is 20.8. The van der Waals surface area contributed by atoms with E-state index in [0.717, 1.165) is 24.0 Å². The molecule has 0 atom stereocenters. The minimum absolute atomic E-state index is 0.416. The van der Waals surface area contributed by atoms with Gasteiger partial charge in [0.25, 0.3) is 0 Å². The van der Waals surface area contributed by atoms with Crippen LogP contribution in [0.3, 0.4) is 0 Å². The van der Waals surface area contributed by atoms with Gasteiger partial charge in [0.15, 0.2) is 0 Å². The monoisotopic (exact) mass is 246 g/mol. The molecule has 1 heterocycles. The highest BCUT2D eigenvalue weighted by atomic mass is 14.9. The van der Waals surface area contributed by atoms with Crippen molar-refractivity contribution < 1.29 is 0 Å². The number of nitrogens with zero attached hydrogens (tertiary/aromatic N) is 1. The normalized spacial score (nSPS) is 17.3. The number of nitrogen functional groups attached to an aromatic ring is 2. The van der Waals surface area contributed by atoms with Crippen molar-refractivity contribution in [3.8, 4) is 0 Å². The third-order valence-corrected chi connectivity index (χ3v) is 3.76.